The molecule has 1 aliphatic heterocycles. The van der Waals surface area contributed by atoms with Crippen molar-refractivity contribution in [2.45, 2.75) is 46.0 Å². The first-order valence-electron chi connectivity index (χ1n) is 7.81. The molecule has 1 unspecified atom stereocenters. The summed E-state index contributed by atoms with van der Waals surface area (Å²) in [5.74, 6) is 1.10. The van der Waals surface area contributed by atoms with Crippen LogP contribution in [0.5, 0.6) is 0 Å². The molecule has 112 valence electrons. The van der Waals surface area contributed by atoms with Gasteiger partial charge in [0, 0.05) is 19.5 Å². The lowest BCUT2D eigenvalue weighted by Gasteiger charge is -2.26. The van der Waals surface area contributed by atoms with Crippen molar-refractivity contribution in [1.82, 2.24) is 10.2 Å². The number of rotatable bonds is 8. The Bertz CT molecular complexity index is 250. The second-order valence-electron chi connectivity index (χ2n) is 6.19. The van der Waals surface area contributed by atoms with Gasteiger partial charge in [0.25, 0.3) is 0 Å². The molecule has 1 atom stereocenters. The summed E-state index contributed by atoms with van der Waals surface area (Å²) in [4.78, 5) is 14.3. The van der Waals surface area contributed by atoms with Crippen molar-refractivity contribution in [3.05, 3.63) is 0 Å². The fraction of sp³-hybridized carbons (Fsp3) is 0.933. The molecular formula is C15H31N3O. The third kappa shape index (κ3) is 7.53. The lowest BCUT2D eigenvalue weighted by molar-refractivity contribution is -0.122. The minimum Gasteiger partial charge on any atom is -0.355 e. The first-order chi connectivity index (χ1) is 9.11. The number of likely N-dealkylation sites (tertiary alicyclic amines) is 1. The summed E-state index contributed by atoms with van der Waals surface area (Å²) < 4.78 is 0. The van der Waals surface area contributed by atoms with E-state index in [1.807, 2.05) is 0 Å². The predicted octanol–water partition coefficient (Wildman–Crippen LogP) is 1.60. The molecule has 1 aliphatic rings. The van der Waals surface area contributed by atoms with Crippen molar-refractivity contribution in [1.29, 1.82) is 0 Å². The van der Waals surface area contributed by atoms with E-state index >= 15 is 0 Å². The molecule has 19 heavy (non-hydrogen) atoms. The van der Waals surface area contributed by atoms with Gasteiger partial charge >= 0.3 is 0 Å². The molecule has 0 saturated carbocycles. The van der Waals surface area contributed by atoms with Gasteiger partial charge in [-0.15, -0.1) is 0 Å². The Labute approximate surface area is 118 Å². The van der Waals surface area contributed by atoms with Crippen LogP contribution in [0.4, 0.5) is 0 Å². The highest BCUT2D eigenvalue weighted by Crippen LogP contribution is 2.14. The fourth-order valence-electron chi connectivity index (χ4n) is 2.80. The highest BCUT2D eigenvalue weighted by molar-refractivity contribution is 5.76. The van der Waals surface area contributed by atoms with Crippen LogP contribution < -0.4 is 11.1 Å². The molecule has 1 heterocycles. The van der Waals surface area contributed by atoms with E-state index in [0.29, 0.717) is 24.8 Å². The zero-order valence-electron chi connectivity index (χ0n) is 12.7. The quantitative estimate of drug-likeness (QED) is 0.703. The van der Waals surface area contributed by atoms with Crippen LogP contribution in [0.1, 0.15) is 46.0 Å². The molecule has 1 rings (SSSR count). The number of amides is 1. The average Bonchev–Trinajstić information content (AvgIpc) is 2.38. The van der Waals surface area contributed by atoms with Gasteiger partial charge in [-0.3, -0.25) is 4.79 Å². The van der Waals surface area contributed by atoms with Crippen LogP contribution in [0.2, 0.25) is 0 Å². The van der Waals surface area contributed by atoms with Crippen molar-refractivity contribution in [2.75, 3.05) is 32.7 Å². The molecule has 0 aromatic heterocycles. The molecule has 0 radical (unpaired) electrons. The summed E-state index contributed by atoms with van der Waals surface area (Å²) in [6.07, 6.45) is 5.58. The number of nitrogens with zero attached hydrogens (tertiary/aromatic N) is 1. The molecule has 1 fully saturated rings. The summed E-state index contributed by atoms with van der Waals surface area (Å²) in [5, 5.41) is 3.03. The van der Waals surface area contributed by atoms with E-state index in [9.17, 15) is 4.79 Å². The highest BCUT2D eigenvalue weighted by Gasteiger charge is 2.14. The lowest BCUT2D eigenvalue weighted by Crippen LogP contribution is -2.38. The summed E-state index contributed by atoms with van der Waals surface area (Å²) in [6, 6.07) is 0. The normalized spacial score (nSPS) is 18.5. The molecule has 4 nitrogen and oxygen atoms in total. The van der Waals surface area contributed by atoms with Crippen LogP contribution in [-0.4, -0.2) is 43.5 Å². The van der Waals surface area contributed by atoms with Gasteiger partial charge in [0.05, 0.1) is 0 Å². The predicted molar refractivity (Wildman–Crippen MR) is 79.9 cm³/mol. The summed E-state index contributed by atoms with van der Waals surface area (Å²) in [5.41, 5.74) is 5.73. The van der Waals surface area contributed by atoms with Crippen molar-refractivity contribution < 1.29 is 4.79 Å². The van der Waals surface area contributed by atoms with Crippen molar-refractivity contribution in [3.8, 4) is 0 Å². The van der Waals surface area contributed by atoms with Crippen LogP contribution in [-0.2, 0) is 4.79 Å². The first kappa shape index (κ1) is 16.4. The van der Waals surface area contributed by atoms with Crippen LogP contribution in [0.3, 0.4) is 0 Å². The molecule has 3 N–H and O–H groups in total. The molecular weight excluding hydrogens is 238 g/mol. The van der Waals surface area contributed by atoms with Crippen molar-refractivity contribution >= 4 is 5.91 Å². The Hall–Kier alpha value is -0.610. The molecule has 1 saturated heterocycles. The summed E-state index contributed by atoms with van der Waals surface area (Å²) >= 11 is 0. The average molecular weight is 269 g/mol. The summed E-state index contributed by atoms with van der Waals surface area (Å²) in [7, 11) is 0. The van der Waals surface area contributed by atoms with Gasteiger partial charge in [-0.2, -0.15) is 0 Å². The van der Waals surface area contributed by atoms with Gasteiger partial charge in [-0.25, -0.2) is 0 Å². The zero-order valence-corrected chi connectivity index (χ0v) is 12.7. The Morgan fingerprint density at radius 3 is 2.53 bits per heavy atom. The van der Waals surface area contributed by atoms with E-state index in [-0.39, 0.29) is 5.91 Å². The Balaban J connectivity index is 2.12. The molecule has 0 aromatic rings. The van der Waals surface area contributed by atoms with Gasteiger partial charge < -0.3 is 16.0 Å². The van der Waals surface area contributed by atoms with Gasteiger partial charge in [-0.05, 0) is 50.7 Å². The van der Waals surface area contributed by atoms with Crippen LogP contribution >= 0.6 is 0 Å². The summed E-state index contributed by atoms with van der Waals surface area (Å²) in [6.45, 7) is 9.11. The Morgan fingerprint density at radius 2 is 1.95 bits per heavy atom. The highest BCUT2D eigenvalue weighted by atomic mass is 16.1. The molecule has 1 amide bonds. The van der Waals surface area contributed by atoms with E-state index in [0.717, 1.165) is 19.5 Å². The largest absolute Gasteiger partial charge is 0.355 e. The van der Waals surface area contributed by atoms with Gasteiger partial charge in [0.1, 0.15) is 0 Å². The lowest BCUT2D eigenvalue weighted by atomic mass is 9.94. The zero-order chi connectivity index (χ0) is 14.1. The number of hydrogen-bond donors (Lipinski definition) is 2. The fourth-order valence-corrected chi connectivity index (χ4v) is 2.80. The number of carbonyl (C=O) groups is 1. The third-order valence-corrected chi connectivity index (χ3v) is 3.81. The molecule has 4 heteroatoms. The van der Waals surface area contributed by atoms with E-state index in [1.165, 1.54) is 32.4 Å². The van der Waals surface area contributed by atoms with E-state index < -0.39 is 0 Å². The molecule has 0 aromatic carbocycles. The SMILES string of the molecule is CC(C)CC(CN)CC(=O)NCCN1CCCCC1. The maximum absolute atomic E-state index is 11.9. The first-order valence-corrected chi connectivity index (χ1v) is 7.81. The monoisotopic (exact) mass is 269 g/mol. The molecule has 0 bridgehead atoms. The van der Waals surface area contributed by atoms with Crippen LogP contribution in [0.25, 0.3) is 0 Å². The molecule has 0 aliphatic carbocycles. The smallest absolute Gasteiger partial charge is 0.220 e. The van der Waals surface area contributed by atoms with Gasteiger partial charge in [0.2, 0.25) is 5.91 Å². The topological polar surface area (TPSA) is 58.4 Å². The van der Waals surface area contributed by atoms with E-state index in [1.54, 1.807) is 0 Å². The Morgan fingerprint density at radius 1 is 1.26 bits per heavy atom. The number of nitrogens with one attached hydrogen (secondary N) is 1. The second kappa shape index (κ2) is 9.32. The number of piperidine rings is 1. The van der Waals surface area contributed by atoms with Gasteiger partial charge in [-0.1, -0.05) is 20.3 Å². The number of hydrogen-bond acceptors (Lipinski definition) is 3. The molecule has 0 spiro atoms. The second-order valence-corrected chi connectivity index (χ2v) is 6.19. The third-order valence-electron chi connectivity index (χ3n) is 3.81. The van der Waals surface area contributed by atoms with Crippen molar-refractivity contribution in [2.24, 2.45) is 17.6 Å². The van der Waals surface area contributed by atoms with Crippen LogP contribution in [0, 0.1) is 11.8 Å². The van der Waals surface area contributed by atoms with Gasteiger partial charge in [0.15, 0.2) is 0 Å². The maximum atomic E-state index is 11.9. The van der Waals surface area contributed by atoms with E-state index in [2.05, 4.69) is 24.1 Å². The van der Waals surface area contributed by atoms with Crippen molar-refractivity contribution in [3.63, 3.8) is 0 Å². The minimum atomic E-state index is 0.160. The standard InChI is InChI=1S/C15H31N3O/c1-13(2)10-14(12-16)11-15(19)17-6-9-18-7-4-3-5-8-18/h13-14H,3-12,16H2,1-2H3,(H,17,19). The van der Waals surface area contributed by atoms with E-state index in [4.69, 9.17) is 5.73 Å². The number of carbonyl (C=O) groups excluding carboxylic acids is 1. The number of nitrogens with two attached hydrogens (primary N) is 1. The van der Waals surface area contributed by atoms with Crippen LogP contribution in [0.15, 0.2) is 0 Å². The minimum absolute atomic E-state index is 0.160. The Kier molecular flexibility index (Phi) is 8.07. The maximum Gasteiger partial charge on any atom is 0.220 e.